The van der Waals surface area contributed by atoms with Crippen LogP contribution in [0.3, 0.4) is 0 Å². The molecule has 0 radical (unpaired) electrons. The summed E-state index contributed by atoms with van der Waals surface area (Å²) in [5, 5.41) is 2.49. The number of hydrogen-bond acceptors (Lipinski definition) is 2. The second kappa shape index (κ2) is 6.90. The van der Waals surface area contributed by atoms with E-state index >= 15 is 0 Å². The first-order valence-corrected chi connectivity index (χ1v) is 8.89. The van der Waals surface area contributed by atoms with Gasteiger partial charge in [-0.15, -0.1) is 0 Å². The molecule has 3 rings (SSSR count). The Hall–Kier alpha value is -2.10. The Balaban J connectivity index is 2.09. The minimum Gasteiger partial charge on any atom is -0.323 e. The quantitative estimate of drug-likeness (QED) is 0.519. The molecule has 1 unspecified atom stereocenters. The lowest BCUT2D eigenvalue weighted by molar-refractivity contribution is -0.137. The summed E-state index contributed by atoms with van der Waals surface area (Å²) in [6, 6.07) is 9.88. The first-order chi connectivity index (χ1) is 12.2. The highest BCUT2D eigenvalue weighted by molar-refractivity contribution is 14.1. The van der Waals surface area contributed by atoms with E-state index < -0.39 is 29.5 Å². The van der Waals surface area contributed by atoms with Crippen molar-refractivity contribution in [2.45, 2.75) is 19.0 Å². The lowest BCUT2D eigenvalue weighted by atomic mass is 9.97. The average molecular weight is 474 g/mol. The van der Waals surface area contributed by atoms with Gasteiger partial charge in [0.1, 0.15) is 5.92 Å². The molecule has 0 saturated heterocycles. The molecular formula is C18H14F3IN2O2. The number of rotatable bonds is 2. The number of anilines is 2. The highest BCUT2D eigenvalue weighted by Gasteiger charge is 2.38. The number of hydrogen-bond donors (Lipinski definition) is 1. The molecule has 0 fully saturated rings. The van der Waals surface area contributed by atoms with E-state index in [4.69, 9.17) is 0 Å². The molecule has 0 spiro atoms. The molecule has 136 valence electrons. The summed E-state index contributed by atoms with van der Waals surface area (Å²) in [5.41, 5.74) is -0.150. The first-order valence-electron chi connectivity index (χ1n) is 7.81. The van der Waals surface area contributed by atoms with E-state index in [1.807, 2.05) is 0 Å². The molecule has 0 saturated carbocycles. The van der Waals surface area contributed by atoms with E-state index in [2.05, 4.69) is 27.9 Å². The van der Waals surface area contributed by atoms with E-state index in [0.29, 0.717) is 5.56 Å². The second-order valence-electron chi connectivity index (χ2n) is 5.79. The molecule has 1 aliphatic heterocycles. The number of carbonyl (C=O) groups excluding carboxylic acids is 2. The van der Waals surface area contributed by atoms with Gasteiger partial charge < -0.3 is 10.2 Å². The van der Waals surface area contributed by atoms with Crippen LogP contribution in [0.25, 0.3) is 0 Å². The molecule has 1 aliphatic rings. The summed E-state index contributed by atoms with van der Waals surface area (Å²) in [6.07, 6.45) is -4.54. The first kappa shape index (κ1) is 18.7. The summed E-state index contributed by atoms with van der Waals surface area (Å²) in [6.45, 7) is 1.94. The third-order valence-electron chi connectivity index (χ3n) is 4.17. The van der Waals surface area contributed by atoms with Crippen LogP contribution in [0.5, 0.6) is 0 Å². The molecule has 1 atom stereocenters. The molecule has 8 heteroatoms. The maximum atomic E-state index is 13.0. The standard InChI is InChI=1S/C18H14F3IN2O2/c1-2-24-14-8-5-11(18(19,20)21)9-13(14)23-16(25)15(17(24)26)10-3-6-12(22)7-4-10/h3-9,15H,2H2,1H3,(H,23,25). The predicted octanol–water partition coefficient (Wildman–Crippen LogP) is 4.40. The van der Waals surface area contributed by atoms with Crippen molar-refractivity contribution in [3.63, 3.8) is 0 Å². The van der Waals surface area contributed by atoms with Crippen molar-refractivity contribution in [2.24, 2.45) is 0 Å². The number of likely N-dealkylation sites (N-methyl/N-ethyl adjacent to an activating group) is 1. The van der Waals surface area contributed by atoms with Gasteiger partial charge in [0.05, 0.1) is 16.9 Å². The molecule has 0 bridgehead atoms. The fourth-order valence-electron chi connectivity index (χ4n) is 2.91. The number of fused-ring (bicyclic) bond motifs is 1. The highest BCUT2D eigenvalue weighted by atomic mass is 127. The Morgan fingerprint density at radius 2 is 1.77 bits per heavy atom. The fourth-order valence-corrected chi connectivity index (χ4v) is 3.27. The van der Waals surface area contributed by atoms with Gasteiger partial charge in [0, 0.05) is 10.1 Å². The van der Waals surface area contributed by atoms with Crippen LogP contribution in [-0.2, 0) is 15.8 Å². The number of benzene rings is 2. The zero-order valence-electron chi connectivity index (χ0n) is 13.6. The molecular weight excluding hydrogens is 460 g/mol. The highest BCUT2D eigenvalue weighted by Crippen LogP contribution is 2.38. The van der Waals surface area contributed by atoms with E-state index in [1.54, 1.807) is 31.2 Å². The molecule has 1 heterocycles. The van der Waals surface area contributed by atoms with Gasteiger partial charge in [0.25, 0.3) is 0 Å². The minimum atomic E-state index is -4.54. The average Bonchev–Trinajstić information content (AvgIpc) is 2.67. The van der Waals surface area contributed by atoms with Crippen molar-refractivity contribution in [2.75, 3.05) is 16.8 Å². The summed E-state index contributed by atoms with van der Waals surface area (Å²) in [7, 11) is 0. The zero-order valence-corrected chi connectivity index (χ0v) is 15.8. The Morgan fingerprint density at radius 3 is 2.35 bits per heavy atom. The van der Waals surface area contributed by atoms with Crippen LogP contribution in [-0.4, -0.2) is 18.4 Å². The third-order valence-corrected chi connectivity index (χ3v) is 4.89. The monoisotopic (exact) mass is 474 g/mol. The van der Waals surface area contributed by atoms with Crippen molar-refractivity contribution in [1.82, 2.24) is 0 Å². The molecule has 1 N–H and O–H groups in total. The number of nitrogens with one attached hydrogen (secondary N) is 1. The number of nitrogens with zero attached hydrogens (tertiary/aromatic N) is 1. The Labute approximate surface area is 161 Å². The topological polar surface area (TPSA) is 49.4 Å². The van der Waals surface area contributed by atoms with Gasteiger partial charge in [0.2, 0.25) is 11.8 Å². The molecule has 2 aromatic rings. The van der Waals surface area contributed by atoms with E-state index in [0.717, 1.165) is 15.7 Å². The molecule has 0 aliphatic carbocycles. The third kappa shape index (κ3) is 3.42. The van der Waals surface area contributed by atoms with Crippen molar-refractivity contribution in [3.05, 3.63) is 57.2 Å². The van der Waals surface area contributed by atoms with Crippen molar-refractivity contribution in [3.8, 4) is 0 Å². The van der Waals surface area contributed by atoms with Crippen LogP contribution in [0.1, 0.15) is 24.0 Å². The number of amides is 2. The molecule has 26 heavy (non-hydrogen) atoms. The summed E-state index contributed by atoms with van der Waals surface area (Å²) in [5.74, 6) is -2.23. The summed E-state index contributed by atoms with van der Waals surface area (Å²) in [4.78, 5) is 26.9. The van der Waals surface area contributed by atoms with Gasteiger partial charge in [-0.2, -0.15) is 13.2 Å². The lowest BCUT2D eigenvalue weighted by Crippen LogP contribution is -2.37. The summed E-state index contributed by atoms with van der Waals surface area (Å²) >= 11 is 2.11. The lowest BCUT2D eigenvalue weighted by Gasteiger charge is -2.23. The number of alkyl halides is 3. The molecule has 4 nitrogen and oxygen atoms in total. The van der Waals surface area contributed by atoms with Gasteiger partial charge in [-0.25, -0.2) is 0 Å². The Kier molecular flexibility index (Phi) is 4.96. The summed E-state index contributed by atoms with van der Waals surface area (Å²) < 4.78 is 39.9. The van der Waals surface area contributed by atoms with Crippen LogP contribution >= 0.6 is 22.6 Å². The van der Waals surface area contributed by atoms with E-state index in [1.165, 1.54) is 11.0 Å². The normalized spacial score (nSPS) is 17.6. The van der Waals surface area contributed by atoms with E-state index in [-0.39, 0.29) is 17.9 Å². The van der Waals surface area contributed by atoms with Gasteiger partial charge in [-0.05, 0) is 65.4 Å². The van der Waals surface area contributed by atoms with Gasteiger partial charge in [-0.3, -0.25) is 9.59 Å². The van der Waals surface area contributed by atoms with Gasteiger partial charge in [0.15, 0.2) is 0 Å². The molecule has 2 aromatic carbocycles. The molecule has 0 aromatic heterocycles. The van der Waals surface area contributed by atoms with Crippen LogP contribution in [0.4, 0.5) is 24.5 Å². The Bertz CT molecular complexity index is 866. The molecule has 2 amide bonds. The van der Waals surface area contributed by atoms with Crippen LogP contribution in [0, 0.1) is 3.57 Å². The zero-order chi connectivity index (χ0) is 19.1. The fraction of sp³-hybridized carbons (Fsp3) is 0.222. The van der Waals surface area contributed by atoms with Crippen molar-refractivity contribution < 1.29 is 22.8 Å². The Morgan fingerprint density at radius 1 is 1.12 bits per heavy atom. The maximum absolute atomic E-state index is 13.0. The number of halogens is 4. The van der Waals surface area contributed by atoms with Gasteiger partial charge in [-0.1, -0.05) is 12.1 Å². The van der Waals surface area contributed by atoms with Crippen LogP contribution < -0.4 is 10.2 Å². The van der Waals surface area contributed by atoms with Crippen molar-refractivity contribution >= 4 is 45.8 Å². The second-order valence-corrected chi connectivity index (χ2v) is 7.03. The smallest absolute Gasteiger partial charge is 0.323 e. The van der Waals surface area contributed by atoms with E-state index in [9.17, 15) is 22.8 Å². The van der Waals surface area contributed by atoms with Crippen LogP contribution in [0.2, 0.25) is 0 Å². The maximum Gasteiger partial charge on any atom is 0.416 e. The minimum absolute atomic E-state index is 0.0203. The SMILES string of the molecule is CCN1C(=O)C(c2ccc(I)cc2)C(=O)Nc2cc(C(F)(F)F)ccc21. The number of carbonyl (C=O) groups is 2. The predicted molar refractivity (Wildman–Crippen MR) is 100 cm³/mol. The van der Waals surface area contributed by atoms with Crippen molar-refractivity contribution in [1.29, 1.82) is 0 Å². The van der Waals surface area contributed by atoms with Gasteiger partial charge >= 0.3 is 6.18 Å². The van der Waals surface area contributed by atoms with Crippen LogP contribution in [0.15, 0.2) is 42.5 Å². The largest absolute Gasteiger partial charge is 0.416 e.